The molecule has 1 aromatic rings. The smallest absolute Gasteiger partial charge is 0.306 e. The van der Waals surface area contributed by atoms with Crippen molar-refractivity contribution in [2.75, 3.05) is 11.9 Å². The molecule has 0 aliphatic carbocycles. The first-order valence-electron chi connectivity index (χ1n) is 5.21. The fourth-order valence-corrected chi connectivity index (χ4v) is 1.89. The molecule has 96 valence electrons. The van der Waals surface area contributed by atoms with Gasteiger partial charge in [0.2, 0.25) is 0 Å². The Morgan fingerprint density at radius 3 is 2.39 bits per heavy atom. The average Bonchev–Trinajstić information content (AvgIpc) is 2.28. The van der Waals surface area contributed by atoms with Gasteiger partial charge < -0.3 is 5.32 Å². The van der Waals surface area contributed by atoms with Crippen LogP contribution in [0, 0.1) is 0 Å². The number of carbonyl (C=O) groups excluding carboxylic acids is 2. The van der Waals surface area contributed by atoms with Crippen molar-refractivity contribution in [3.63, 3.8) is 0 Å². The van der Waals surface area contributed by atoms with Crippen LogP contribution in [0.4, 0.5) is 15.3 Å². The minimum absolute atomic E-state index is 0.446. The Labute approximate surface area is 115 Å². The van der Waals surface area contributed by atoms with Crippen LogP contribution in [-0.4, -0.2) is 29.0 Å². The van der Waals surface area contributed by atoms with E-state index in [-0.39, 0.29) is 0 Å². The Kier molecular flexibility index (Phi) is 3.16. The van der Waals surface area contributed by atoms with Crippen LogP contribution in [0.3, 0.4) is 0 Å². The Morgan fingerprint density at radius 2 is 1.83 bits per heavy atom. The predicted molar refractivity (Wildman–Crippen MR) is 73.0 cm³/mol. The summed E-state index contributed by atoms with van der Waals surface area (Å²) in [6.07, 6.45) is 0. The van der Waals surface area contributed by atoms with E-state index in [1.807, 2.05) is 0 Å². The van der Waals surface area contributed by atoms with Gasteiger partial charge in [-0.15, -0.1) is 12.6 Å². The summed E-state index contributed by atoms with van der Waals surface area (Å²) in [7, 11) is 1.57. The molecule has 1 fully saturated rings. The first-order valence-corrected chi connectivity index (χ1v) is 6.03. The molecule has 1 unspecified atom stereocenters. The van der Waals surface area contributed by atoms with E-state index < -0.39 is 17.1 Å². The molecular weight excluding hydrogens is 274 g/mol. The van der Waals surface area contributed by atoms with Gasteiger partial charge in [0.05, 0.1) is 5.69 Å². The van der Waals surface area contributed by atoms with Crippen molar-refractivity contribution in [3.05, 3.63) is 29.3 Å². The van der Waals surface area contributed by atoms with Crippen molar-refractivity contribution in [1.29, 1.82) is 0 Å². The molecule has 0 saturated carbocycles. The van der Waals surface area contributed by atoms with Crippen molar-refractivity contribution in [2.24, 2.45) is 0 Å². The van der Waals surface area contributed by atoms with Gasteiger partial charge in [-0.2, -0.15) is 0 Å². The number of hydrogen-bond acceptors (Lipinski definition) is 3. The number of nitrogens with one attached hydrogen (secondary N) is 1. The second kappa shape index (κ2) is 4.37. The van der Waals surface area contributed by atoms with Gasteiger partial charge in [-0.25, -0.2) is 14.5 Å². The molecule has 1 N–H and O–H groups in total. The highest BCUT2D eigenvalue weighted by Crippen LogP contribution is 2.26. The Bertz CT molecular complexity index is 504. The van der Waals surface area contributed by atoms with Crippen LogP contribution < -0.4 is 10.2 Å². The molecule has 1 saturated heterocycles. The second-order valence-corrected chi connectivity index (χ2v) is 5.41. The minimum Gasteiger partial charge on any atom is -0.306 e. The van der Waals surface area contributed by atoms with E-state index in [1.165, 1.54) is 4.90 Å². The topological polar surface area (TPSA) is 52.7 Å². The number of anilines is 1. The van der Waals surface area contributed by atoms with E-state index in [0.29, 0.717) is 10.7 Å². The maximum atomic E-state index is 12.1. The SMILES string of the molecule is CN1C(=O)N(c2ccc(Cl)cc2)C(=O)NC1(C)S. The third-order valence-corrected chi connectivity index (χ3v) is 3.43. The van der Waals surface area contributed by atoms with Gasteiger partial charge in [0.1, 0.15) is 0 Å². The van der Waals surface area contributed by atoms with E-state index in [1.54, 1.807) is 38.2 Å². The number of halogens is 1. The minimum atomic E-state index is -1.00. The summed E-state index contributed by atoms with van der Waals surface area (Å²) >= 11 is 10.00. The number of imide groups is 1. The van der Waals surface area contributed by atoms with Crippen molar-refractivity contribution < 1.29 is 9.59 Å². The summed E-state index contributed by atoms with van der Waals surface area (Å²) in [6, 6.07) is 5.48. The van der Waals surface area contributed by atoms with Gasteiger partial charge in [0.25, 0.3) is 0 Å². The summed E-state index contributed by atoms with van der Waals surface area (Å²) in [5, 5.41) is 3.16. The van der Waals surface area contributed by atoms with Crippen LogP contribution in [0.2, 0.25) is 5.02 Å². The standard InChI is InChI=1S/C11H12ClN3O2S/c1-11(18)13-9(16)15(10(17)14(11)2)8-5-3-7(12)4-6-8/h3-6,18H,1-2H3,(H,13,16). The third-order valence-electron chi connectivity index (χ3n) is 2.76. The number of urea groups is 2. The van der Waals surface area contributed by atoms with Gasteiger partial charge in [0, 0.05) is 12.1 Å². The lowest BCUT2D eigenvalue weighted by molar-refractivity contribution is 0.163. The molecule has 0 radical (unpaired) electrons. The normalized spacial score (nSPS) is 24.2. The summed E-state index contributed by atoms with van der Waals surface area (Å²) in [5.74, 6) is 0. The van der Waals surface area contributed by atoms with E-state index in [0.717, 1.165) is 4.90 Å². The first-order chi connectivity index (χ1) is 8.33. The number of thiol groups is 1. The van der Waals surface area contributed by atoms with Gasteiger partial charge >= 0.3 is 12.1 Å². The number of amides is 4. The largest absolute Gasteiger partial charge is 0.335 e. The molecule has 5 nitrogen and oxygen atoms in total. The molecular formula is C11H12ClN3O2S. The van der Waals surface area contributed by atoms with Crippen LogP contribution in [0.15, 0.2) is 24.3 Å². The van der Waals surface area contributed by atoms with Gasteiger partial charge in [0.15, 0.2) is 4.99 Å². The Balaban J connectivity index is 2.37. The highest BCUT2D eigenvalue weighted by atomic mass is 35.5. The van der Waals surface area contributed by atoms with Crippen molar-refractivity contribution >= 4 is 42.0 Å². The quantitative estimate of drug-likeness (QED) is 0.779. The lowest BCUT2D eigenvalue weighted by Gasteiger charge is -2.43. The van der Waals surface area contributed by atoms with Gasteiger partial charge in [-0.1, -0.05) is 11.6 Å². The number of benzene rings is 1. The molecule has 18 heavy (non-hydrogen) atoms. The molecule has 1 aromatic carbocycles. The van der Waals surface area contributed by atoms with E-state index in [2.05, 4.69) is 17.9 Å². The molecule has 1 atom stereocenters. The summed E-state index contributed by atoms with van der Waals surface area (Å²) < 4.78 is 0. The molecule has 2 rings (SSSR count). The summed E-state index contributed by atoms with van der Waals surface area (Å²) in [5.41, 5.74) is 0.456. The lowest BCUT2D eigenvalue weighted by Crippen LogP contribution is -2.68. The molecule has 0 spiro atoms. The van der Waals surface area contributed by atoms with Crippen LogP contribution >= 0.6 is 24.2 Å². The van der Waals surface area contributed by atoms with Crippen molar-refractivity contribution in [2.45, 2.75) is 11.9 Å². The van der Waals surface area contributed by atoms with E-state index >= 15 is 0 Å². The second-order valence-electron chi connectivity index (χ2n) is 4.10. The first kappa shape index (κ1) is 13.0. The maximum Gasteiger partial charge on any atom is 0.335 e. The fraction of sp³-hybridized carbons (Fsp3) is 0.273. The van der Waals surface area contributed by atoms with Gasteiger partial charge in [-0.3, -0.25) is 4.90 Å². The molecule has 1 aliphatic heterocycles. The zero-order chi connectivity index (χ0) is 13.5. The van der Waals surface area contributed by atoms with E-state index in [9.17, 15) is 9.59 Å². The predicted octanol–water partition coefficient (Wildman–Crippen LogP) is 2.52. The molecule has 0 aromatic heterocycles. The lowest BCUT2D eigenvalue weighted by atomic mass is 10.3. The number of hydrogen-bond donors (Lipinski definition) is 2. The number of carbonyl (C=O) groups is 2. The average molecular weight is 286 g/mol. The molecule has 1 heterocycles. The van der Waals surface area contributed by atoms with Crippen molar-refractivity contribution in [3.8, 4) is 0 Å². The van der Waals surface area contributed by atoms with Crippen LogP contribution in [-0.2, 0) is 0 Å². The molecule has 1 aliphatic rings. The molecule has 4 amide bonds. The third kappa shape index (κ3) is 2.13. The van der Waals surface area contributed by atoms with Crippen LogP contribution in [0.25, 0.3) is 0 Å². The Morgan fingerprint density at radius 1 is 1.28 bits per heavy atom. The summed E-state index contributed by atoms with van der Waals surface area (Å²) in [6.45, 7) is 1.63. The zero-order valence-corrected chi connectivity index (χ0v) is 11.5. The number of rotatable bonds is 1. The fourth-order valence-electron chi connectivity index (χ4n) is 1.58. The highest BCUT2D eigenvalue weighted by molar-refractivity contribution is 7.81. The Hall–Kier alpha value is -1.40. The molecule has 7 heteroatoms. The summed E-state index contributed by atoms with van der Waals surface area (Å²) in [4.78, 5) is 25.5. The maximum absolute atomic E-state index is 12.1. The van der Waals surface area contributed by atoms with Crippen LogP contribution in [0.1, 0.15) is 6.92 Å². The monoisotopic (exact) mass is 285 g/mol. The van der Waals surface area contributed by atoms with Crippen molar-refractivity contribution in [1.82, 2.24) is 10.2 Å². The van der Waals surface area contributed by atoms with Crippen LogP contribution in [0.5, 0.6) is 0 Å². The highest BCUT2D eigenvalue weighted by Gasteiger charge is 2.42. The molecule has 0 bridgehead atoms. The zero-order valence-electron chi connectivity index (χ0n) is 9.85. The van der Waals surface area contributed by atoms with E-state index in [4.69, 9.17) is 11.6 Å². The van der Waals surface area contributed by atoms with Gasteiger partial charge in [-0.05, 0) is 31.2 Å². The number of nitrogens with zero attached hydrogens (tertiary/aromatic N) is 2.